The van der Waals surface area contributed by atoms with E-state index in [4.69, 9.17) is 0 Å². The number of thioether (sulfide) groups is 1. The zero-order valence-electron chi connectivity index (χ0n) is 10.8. The summed E-state index contributed by atoms with van der Waals surface area (Å²) in [7, 11) is 0. The van der Waals surface area contributed by atoms with Crippen molar-refractivity contribution in [3.63, 3.8) is 0 Å². The molecule has 0 atom stereocenters. The van der Waals surface area contributed by atoms with Gasteiger partial charge in [-0.05, 0) is 36.0 Å². The molecule has 1 fully saturated rings. The molecule has 0 saturated carbocycles. The van der Waals surface area contributed by atoms with Crippen LogP contribution in [-0.4, -0.2) is 34.7 Å². The predicted molar refractivity (Wildman–Crippen MR) is 80.0 cm³/mol. The van der Waals surface area contributed by atoms with Gasteiger partial charge in [-0.25, -0.2) is 0 Å². The highest BCUT2D eigenvalue weighted by atomic mass is 32.2. The second kappa shape index (κ2) is 6.78. The third-order valence-corrected chi connectivity index (χ3v) is 4.23. The molecule has 19 heavy (non-hydrogen) atoms. The normalized spacial score (nSPS) is 18.4. The van der Waals surface area contributed by atoms with Crippen molar-refractivity contribution in [2.45, 2.75) is 18.4 Å². The molecule has 0 radical (unpaired) electrons. The Morgan fingerprint density at radius 3 is 2.68 bits per heavy atom. The fourth-order valence-electron chi connectivity index (χ4n) is 1.97. The topological polar surface area (TPSA) is 49.3 Å². The number of nitrogens with one attached hydrogen (secondary N) is 1. The lowest BCUT2D eigenvalue weighted by molar-refractivity contribution is -0.117. The average molecular weight is 277 g/mol. The van der Waals surface area contributed by atoms with Crippen LogP contribution in [0.1, 0.15) is 18.4 Å². The molecule has 0 bridgehead atoms. The highest BCUT2D eigenvalue weighted by Crippen LogP contribution is 2.26. The van der Waals surface area contributed by atoms with Gasteiger partial charge in [0.15, 0.2) is 0 Å². The molecule has 0 aliphatic carbocycles. The molecule has 1 aromatic rings. The number of benzene rings is 1. The molecule has 2 rings (SSSR count). The largest absolute Gasteiger partial charge is 0.388 e. The maximum atomic E-state index is 11.7. The van der Waals surface area contributed by atoms with E-state index in [2.05, 4.69) is 5.32 Å². The first-order valence-corrected chi connectivity index (χ1v) is 7.65. The van der Waals surface area contributed by atoms with Gasteiger partial charge in [0.05, 0.1) is 5.60 Å². The lowest BCUT2D eigenvalue weighted by Crippen LogP contribution is -2.44. The number of amides is 1. The summed E-state index contributed by atoms with van der Waals surface area (Å²) in [6.45, 7) is 0.339. The molecule has 3 nitrogen and oxygen atoms in total. The summed E-state index contributed by atoms with van der Waals surface area (Å²) in [6.07, 6.45) is 4.78. The predicted octanol–water partition coefficient (Wildman–Crippen LogP) is 2.07. The third kappa shape index (κ3) is 4.73. The summed E-state index contributed by atoms with van der Waals surface area (Å²) in [5.74, 6) is 1.77. The summed E-state index contributed by atoms with van der Waals surface area (Å²) < 4.78 is 0. The Balaban J connectivity index is 1.80. The van der Waals surface area contributed by atoms with Crippen LogP contribution in [0.2, 0.25) is 0 Å². The van der Waals surface area contributed by atoms with Crippen LogP contribution < -0.4 is 5.32 Å². The molecule has 2 N–H and O–H groups in total. The minimum absolute atomic E-state index is 0.157. The Labute approximate surface area is 118 Å². The minimum atomic E-state index is -0.721. The zero-order chi connectivity index (χ0) is 13.6. The Morgan fingerprint density at radius 2 is 2.00 bits per heavy atom. The van der Waals surface area contributed by atoms with Crippen molar-refractivity contribution in [2.24, 2.45) is 0 Å². The summed E-state index contributed by atoms with van der Waals surface area (Å²) in [6, 6.07) is 9.68. The molecule has 1 aliphatic rings. The van der Waals surface area contributed by atoms with Crippen molar-refractivity contribution in [3.8, 4) is 0 Å². The van der Waals surface area contributed by atoms with E-state index in [-0.39, 0.29) is 5.91 Å². The van der Waals surface area contributed by atoms with E-state index in [1.807, 2.05) is 42.1 Å². The van der Waals surface area contributed by atoms with E-state index in [1.165, 1.54) is 6.08 Å². The summed E-state index contributed by atoms with van der Waals surface area (Å²) in [5.41, 5.74) is 0.270. The van der Waals surface area contributed by atoms with Gasteiger partial charge in [0.2, 0.25) is 5.91 Å². The van der Waals surface area contributed by atoms with Crippen molar-refractivity contribution < 1.29 is 9.90 Å². The van der Waals surface area contributed by atoms with Gasteiger partial charge in [-0.2, -0.15) is 11.8 Å². The maximum absolute atomic E-state index is 11.7. The van der Waals surface area contributed by atoms with Gasteiger partial charge in [-0.15, -0.1) is 0 Å². The van der Waals surface area contributed by atoms with Crippen molar-refractivity contribution in [2.75, 3.05) is 18.1 Å². The van der Waals surface area contributed by atoms with Crippen molar-refractivity contribution in [1.82, 2.24) is 5.32 Å². The number of hydrogen-bond acceptors (Lipinski definition) is 3. The van der Waals surface area contributed by atoms with E-state index in [0.29, 0.717) is 6.54 Å². The highest BCUT2D eigenvalue weighted by Gasteiger charge is 2.29. The smallest absolute Gasteiger partial charge is 0.244 e. The first kappa shape index (κ1) is 14.2. The zero-order valence-corrected chi connectivity index (χ0v) is 11.7. The lowest BCUT2D eigenvalue weighted by Gasteiger charge is -2.31. The number of rotatable bonds is 4. The molecule has 0 aromatic heterocycles. The Bertz CT molecular complexity index is 439. The van der Waals surface area contributed by atoms with Gasteiger partial charge in [0.25, 0.3) is 0 Å². The SMILES string of the molecule is O=C(C=Cc1ccccc1)NCC1(O)CCSCC1. The van der Waals surface area contributed by atoms with Gasteiger partial charge < -0.3 is 10.4 Å². The molecule has 102 valence electrons. The number of hydrogen-bond donors (Lipinski definition) is 2. The fourth-order valence-corrected chi connectivity index (χ4v) is 3.23. The van der Waals surface area contributed by atoms with Crippen LogP contribution in [0.25, 0.3) is 6.08 Å². The molecule has 0 spiro atoms. The second-order valence-corrected chi connectivity index (χ2v) is 6.02. The first-order chi connectivity index (χ1) is 9.18. The minimum Gasteiger partial charge on any atom is -0.388 e. The van der Waals surface area contributed by atoms with E-state index in [0.717, 1.165) is 29.9 Å². The van der Waals surface area contributed by atoms with Crippen molar-refractivity contribution in [1.29, 1.82) is 0 Å². The van der Waals surface area contributed by atoms with Crippen LogP contribution in [0.5, 0.6) is 0 Å². The Hall–Kier alpha value is -1.26. The first-order valence-electron chi connectivity index (χ1n) is 6.49. The molecular formula is C15H19NO2S. The Morgan fingerprint density at radius 1 is 1.32 bits per heavy atom. The van der Waals surface area contributed by atoms with Gasteiger partial charge in [-0.3, -0.25) is 4.79 Å². The lowest BCUT2D eigenvalue weighted by atomic mass is 9.97. The molecule has 1 aliphatic heterocycles. The molecule has 1 saturated heterocycles. The number of carbonyl (C=O) groups excluding carboxylic acids is 1. The summed E-state index contributed by atoms with van der Waals surface area (Å²) in [4.78, 5) is 11.7. The quantitative estimate of drug-likeness (QED) is 0.828. The number of carbonyl (C=O) groups is 1. The Kier molecular flexibility index (Phi) is 5.05. The summed E-state index contributed by atoms with van der Waals surface area (Å²) in [5, 5.41) is 13.0. The van der Waals surface area contributed by atoms with E-state index in [1.54, 1.807) is 6.08 Å². The fraction of sp³-hybridized carbons (Fsp3) is 0.400. The monoisotopic (exact) mass is 277 g/mol. The van der Waals surface area contributed by atoms with Crippen LogP contribution in [0.4, 0.5) is 0 Å². The molecule has 1 amide bonds. The van der Waals surface area contributed by atoms with E-state index >= 15 is 0 Å². The number of aliphatic hydroxyl groups is 1. The van der Waals surface area contributed by atoms with Gasteiger partial charge >= 0.3 is 0 Å². The van der Waals surface area contributed by atoms with E-state index in [9.17, 15) is 9.90 Å². The van der Waals surface area contributed by atoms with E-state index < -0.39 is 5.60 Å². The second-order valence-electron chi connectivity index (χ2n) is 4.80. The van der Waals surface area contributed by atoms with Crippen LogP contribution in [0.15, 0.2) is 36.4 Å². The van der Waals surface area contributed by atoms with Crippen LogP contribution in [0.3, 0.4) is 0 Å². The van der Waals surface area contributed by atoms with Gasteiger partial charge in [0.1, 0.15) is 0 Å². The van der Waals surface area contributed by atoms with Crippen LogP contribution in [0, 0.1) is 0 Å². The van der Waals surface area contributed by atoms with Gasteiger partial charge in [0, 0.05) is 12.6 Å². The highest BCUT2D eigenvalue weighted by molar-refractivity contribution is 7.99. The van der Waals surface area contributed by atoms with Crippen molar-refractivity contribution >= 4 is 23.7 Å². The standard InChI is InChI=1S/C15H19NO2S/c17-14(7-6-13-4-2-1-3-5-13)16-12-15(18)8-10-19-11-9-15/h1-7,18H,8-12H2,(H,16,17). The van der Waals surface area contributed by atoms with Crippen LogP contribution in [-0.2, 0) is 4.79 Å². The molecule has 1 heterocycles. The summed E-state index contributed by atoms with van der Waals surface area (Å²) >= 11 is 1.85. The molecule has 1 aromatic carbocycles. The van der Waals surface area contributed by atoms with Gasteiger partial charge in [-0.1, -0.05) is 30.3 Å². The molecular weight excluding hydrogens is 258 g/mol. The average Bonchev–Trinajstić information content (AvgIpc) is 2.45. The molecule has 4 heteroatoms. The third-order valence-electron chi connectivity index (χ3n) is 3.24. The molecule has 0 unspecified atom stereocenters. The maximum Gasteiger partial charge on any atom is 0.244 e. The van der Waals surface area contributed by atoms with Crippen molar-refractivity contribution in [3.05, 3.63) is 42.0 Å². The van der Waals surface area contributed by atoms with Crippen LogP contribution >= 0.6 is 11.8 Å².